The molecule has 1 aromatic heterocycles. The number of amides is 1. The summed E-state index contributed by atoms with van der Waals surface area (Å²) in [5.74, 6) is -0.168. The van der Waals surface area contributed by atoms with Crippen LogP contribution < -0.4 is 0 Å². The Morgan fingerprint density at radius 1 is 1.53 bits per heavy atom. The highest BCUT2D eigenvalue weighted by atomic mass is 35.5. The zero-order valence-electron chi connectivity index (χ0n) is 9.74. The molecular formula is C11H14Cl2N2O2. The highest BCUT2D eigenvalue weighted by molar-refractivity contribution is 6.35. The van der Waals surface area contributed by atoms with Gasteiger partial charge in [-0.3, -0.25) is 4.79 Å². The summed E-state index contributed by atoms with van der Waals surface area (Å²) in [4.78, 5) is 17.6. The van der Waals surface area contributed by atoms with Crippen LogP contribution in [0.2, 0.25) is 10.2 Å². The molecule has 6 heteroatoms. The average Bonchev–Trinajstić information content (AvgIpc) is 2.33. The average molecular weight is 277 g/mol. The second-order valence-electron chi connectivity index (χ2n) is 3.36. The number of carbonyl (C=O) groups is 1. The van der Waals surface area contributed by atoms with E-state index in [2.05, 4.69) is 4.98 Å². The highest BCUT2D eigenvalue weighted by Crippen LogP contribution is 2.19. The zero-order chi connectivity index (χ0) is 12.8. The van der Waals surface area contributed by atoms with E-state index in [1.54, 1.807) is 12.0 Å². The summed E-state index contributed by atoms with van der Waals surface area (Å²) in [5.41, 5.74) is 0.365. The number of ether oxygens (including phenoxy) is 1. The molecule has 4 nitrogen and oxygen atoms in total. The molecule has 0 aromatic carbocycles. The predicted molar refractivity (Wildman–Crippen MR) is 67.7 cm³/mol. The summed E-state index contributed by atoms with van der Waals surface area (Å²) >= 11 is 11.7. The number of hydrogen-bond acceptors (Lipinski definition) is 3. The van der Waals surface area contributed by atoms with Gasteiger partial charge < -0.3 is 9.64 Å². The smallest absolute Gasteiger partial charge is 0.255 e. The van der Waals surface area contributed by atoms with Crippen molar-refractivity contribution >= 4 is 29.1 Å². The van der Waals surface area contributed by atoms with Gasteiger partial charge in [-0.15, -0.1) is 0 Å². The van der Waals surface area contributed by atoms with Crippen LogP contribution in [0.4, 0.5) is 0 Å². The Labute approximate surface area is 110 Å². The van der Waals surface area contributed by atoms with E-state index in [0.29, 0.717) is 30.3 Å². The minimum atomic E-state index is -0.168. The molecule has 0 aliphatic rings. The summed E-state index contributed by atoms with van der Waals surface area (Å²) in [6.45, 7) is 3.47. The quantitative estimate of drug-likeness (QED) is 0.776. The molecule has 0 atom stereocenters. The van der Waals surface area contributed by atoms with E-state index in [4.69, 9.17) is 27.9 Å². The molecule has 0 unspecified atom stereocenters. The molecule has 1 heterocycles. The van der Waals surface area contributed by atoms with Crippen LogP contribution in [0.5, 0.6) is 0 Å². The van der Waals surface area contributed by atoms with Gasteiger partial charge in [0.05, 0.1) is 17.2 Å². The van der Waals surface area contributed by atoms with Crippen molar-refractivity contribution in [3.8, 4) is 0 Å². The molecule has 17 heavy (non-hydrogen) atoms. The Morgan fingerprint density at radius 3 is 2.82 bits per heavy atom. The van der Waals surface area contributed by atoms with E-state index in [9.17, 15) is 4.79 Å². The first kappa shape index (κ1) is 14.2. The van der Waals surface area contributed by atoms with Gasteiger partial charge >= 0.3 is 0 Å². The van der Waals surface area contributed by atoms with E-state index in [1.165, 1.54) is 12.3 Å². The Bertz CT molecular complexity index is 399. The maximum Gasteiger partial charge on any atom is 0.255 e. The van der Waals surface area contributed by atoms with E-state index in [0.717, 1.165) is 0 Å². The number of rotatable bonds is 5. The van der Waals surface area contributed by atoms with Gasteiger partial charge in [0.2, 0.25) is 0 Å². The number of halogens is 2. The van der Waals surface area contributed by atoms with Crippen molar-refractivity contribution < 1.29 is 9.53 Å². The summed E-state index contributed by atoms with van der Waals surface area (Å²) in [6.07, 6.45) is 1.38. The van der Waals surface area contributed by atoms with Crippen LogP contribution in [0.1, 0.15) is 17.3 Å². The van der Waals surface area contributed by atoms with Crippen molar-refractivity contribution in [2.75, 3.05) is 26.8 Å². The molecule has 1 rings (SSSR count). The van der Waals surface area contributed by atoms with Crippen LogP contribution in [0.15, 0.2) is 12.3 Å². The molecule has 0 N–H and O–H groups in total. The molecule has 0 aliphatic heterocycles. The summed E-state index contributed by atoms with van der Waals surface area (Å²) < 4.78 is 4.95. The Balaban J connectivity index is 2.89. The van der Waals surface area contributed by atoms with Crippen molar-refractivity contribution in [2.45, 2.75) is 6.92 Å². The van der Waals surface area contributed by atoms with Gasteiger partial charge in [0.1, 0.15) is 5.15 Å². The van der Waals surface area contributed by atoms with Crippen molar-refractivity contribution in [1.82, 2.24) is 9.88 Å². The number of carbonyl (C=O) groups excluding carboxylic acids is 1. The molecule has 0 aliphatic carbocycles. The third kappa shape index (κ3) is 3.84. The third-order valence-corrected chi connectivity index (χ3v) is 2.79. The maximum atomic E-state index is 12.2. The van der Waals surface area contributed by atoms with Crippen molar-refractivity contribution in [3.05, 3.63) is 28.0 Å². The Morgan fingerprint density at radius 2 is 2.24 bits per heavy atom. The van der Waals surface area contributed by atoms with Gasteiger partial charge in [-0.05, 0) is 13.0 Å². The molecule has 0 saturated carbocycles. The van der Waals surface area contributed by atoms with E-state index in [1.807, 2.05) is 6.92 Å². The fourth-order valence-corrected chi connectivity index (χ4v) is 1.69. The molecule has 0 bridgehead atoms. The molecule has 94 valence electrons. The van der Waals surface area contributed by atoms with Crippen LogP contribution in [0, 0.1) is 0 Å². The van der Waals surface area contributed by atoms with Crippen LogP contribution in [-0.4, -0.2) is 42.6 Å². The normalized spacial score (nSPS) is 10.4. The molecule has 1 amide bonds. The molecule has 1 aromatic rings. The summed E-state index contributed by atoms with van der Waals surface area (Å²) in [6, 6.07) is 1.47. The summed E-state index contributed by atoms with van der Waals surface area (Å²) in [5, 5.41) is 0.552. The van der Waals surface area contributed by atoms with E-state index < -0.39 is 0 Å². The fraction of sp³-hybridized carbons (Fsp3) is 0.455. The lowest BCUT2D eigenvalue weighted by Crippen LogP contribution is -2.33. The number of pyridine rings is 1. The van der Waals surface area contributed by atoms with Crippen LogP contribution in [-0.2, 0) is 4.74 Å². The Hall–Kier alpha value is -0.840. The lowest BCUT2D eigenvalue weighted by atomic mass is 10.2. The number of nitrogens with zero attached hydrogens (tertiary/aromatic N) is 2. The van der Waals surface area contributed by atoms with Crippen molar-refractivity contribution in [3.63, 3.8) is 0 Å². The van der Waals surface area contributed by atoms with Crippen LogP contribution >= 0.6 is 23.2 Å². The molecule has 0 spiro atoms. The monoisotopic (exact) mass is 276 g/mol. The topological polar surface area (TPSA) is 42.4 Å². The minimum absolute atomic E-state index is 0.168. The van der Waals surface area contributed by atoms with Crippen LogP contribution in [0.25, 0.3) is 0 Å². The van der Waals surface area contributed by atoms with Gasteiger partial charge in [0, 0.05) is 26.4 Å². The molecule has 0 saturated heterocycles. The minimum Gasteiger partial charge on any atom is -0.383 e. The predicted octanol–water partition coefficient (Wildman–Crippen LogP) is 2.50. The lowest BCUT2D eigenvalue weighted by molar-refractivity contribution is 0.0706. The second-order valence-corrected chi connectivity index (χ2v) is 4.16. The fourth-order valence-electron chi connectivity index (χ4n) is 1.35. The standard InChI is InChI=1S/C11H14Cl2N2O2/c1-3-15(4-5-17-2)11(16)8-6-10(13)14-7-9(8)12/h6-7H,3-5H2,1-2H3. The van der Waals surface area contributed by atoms with Gasteiger partial charge in [-0.25, -0.2) is 4.98 Å². The highest BCUT2D eigenvalue weighted by Gasteiger charge is 2.17. The molecule has 0 radical (unpaired) electrons. The maximum absolute atomic E-state index is 12.2. The van der Waals surface area contributed by atoms with Gasteiger partial charge in [0.15, 0.2) is 0 Å². The number of aromatic nitrogens is 1. The lowest BCUT2D eigenvalue weighted by Gasteiger charge is -2.20. The van der Waals surface area contributed by atoms with Crippen molar-refractivity contribution in [2.24, 2.45) is 0 Å². The van der Waals surface area contributed by atoms with Gasteiger partial charge in [0.25, 0.3) is 5.91 Å². The number of likely N-dealkylation sites (N-methyl/N-ethyl adjacent to an activating group) is 1. The number of hydrogen-bond donors (Lipinski definition) is 0. The first-order valence-electron chi connectivity index (χ1n) is 5.19. The second kappa shape index (κ2) is 6.79. The molecule has 0 fully saturated rings. The SMILES string of the molecule is CCN(CCOC)C(=O)c1cc(Cl)ncc1Cl. The first-order chi connectivity index (χ1) is 8.10. The largest absolute Gasteiger partial charge is 0.383 e. The number of methoxy groups -OCH3 is 1. The van der Waals surface area contributed by atoms with Gasteiger partial charge in [-0.2, -0.15) is 0 Å². The Kier molecular flexibility index (Phi) is 5.68. The third-order valence-electron chi connectivity index (χ3n) is 2.29. The zero-order valence-corrected chi connectivity index (χ0v) is 11.3. The first-order valence-corrected chi connectivity index (χ1v) is 5.95. The van der Waals surface area contributed by atoms with Gasteiger partial charge in [-0.1, -0.05) is 23.2 Å². The van der Waals surface area contributed by atoms with E-state index in [-0.39, 0.29) is 11.1 Å². The van der Waals surface area contributed by atoms with Crippen LogP contribution in [0.3, 0.4) is 0 Å². The molecular weight excluding hydrogens is 263 g/mol. The van der Waals surface area contributed by atoms with E-state index >= 15 is 0 Å². The summed E-state index contributed by atoms with van der Waals surface area (Å²) in [7, 11) is 1.59. The van der Waals surface area contributed by atoms with Crippen molar-refractivity contribution in [1.29, 1.82) is 0 Å².